The first-order valence-corrected chi connectivity index (χ1v) is 9.57. The Morgan fingerprint density at radius 1 is 1.21 bits per heavy atom. The second-order valence-electron chi connectivity index (χ2n) is 7.06. The first-order chi connectivity index (χ1) is 13.5. The minimum absolute atomic E-state index is 0.104. The Balaban J connectivity index is 1.76. The second-order valence-corrected chi connectivity index (χ2v) is 7.06. The Morgan fingerprint density at radius 3 is 2.50 bits per heavy atom. The van der Waals surface area contributed by atoms with Crippen LogP contribution in [0.3, 0.4) is 0 Å². The summed E-state index contributed by atoms with van der Waals surface area (Å²) >= 11 is 0. The molecule has 1 saturated heterocycles. The number of nitrogens with two attached hydrogens (primary N) is 1. The molecule has 2 aromatic rings. The Hall–Kier alpha value is -2.94. The highest BCUT2D eigenvalue weighted by molar-refractivity contribution is 5.71. The van der Waals surface area contributed by atoms with Crippen molar-refractivity contribution in [1.29, 1.82) is 0 Å². The topological polar surface area (TPSA) is 113 Å². The van der Waals surface area contributed by atoms with E-state index < -0.39 is 4.92 Å². The third-order valence-corrected chi connectivity index (χ3v) is 4.98. The Morgan fingerprint density at radius 2 is 1.89 bits per heavy atom. The van der Waals surface area contributed by atoms with Gasteiger partial charge in [0, 0.05) is 38.8 Å². The van der Waals surface area contributed by atoms with E-state index in [1.807, 2.05) is 36.9 Å². The van der Waals surface area contributed by atoms with Gasteiger partial charge in [0.05, 0.1) is 4.92 Å². The highest BCUT2D eigenvalue weighted by Gasteiger charge is 2.29. The summed E-state index contributed by atoms with van der Waals surface area (Å²) in [5.41, 5.74) is 6.95. The molecule has 3 N–H and O–H groups in total. The van der Waals surface area contributed by atoms with Crippen molar-refractivity contribution in [3.8, 4) is 0 Å². The average Bonchev–Trinajstić information content (AvgIpc) is 2.68. The molecule has 28 heavy (non-hydrogen) atoms. The summed E-state index contributed by atoms with van der Waals surface area (Å²) in [7, 11) is 0. The van der Waals surface area contributed by atoms with E-state index >= 15 is 0 Å². The Bertz CT molecular complexity index is 807. The molecule has 0 bridgehead atoms. The molecule has 0 aliphatic carbocycles. The lowest BCUT2D eigenvalue weighted by Crippen LogP contribution is -2.46. The van der Waals surface area contributed by atoms with Crippen LogP contribution in [0, 0.1) is 10.1 Å². The van der Waals surface area contributed by atoms with Gasteiger partial charge in [-0.25, -0.2) is 0 Å². The number of hydrogen-bond donors (Lipinski definition) is 2. The summed E-state index contributed by atoms with van der Waals surface area (Å²) in [5.74, 6) is 0.523. The van der Waals surface area contributed by atoms with Crippen molar-refractivity contribution in [2.45, 2.75) is 32.9 Å². The van der Waals surface area contributed by atoms with Crippen molar-refractivity contribution in [1.82, 2.24) is 14.9 Å². The lowest BCUT2D eigenvalue weighted by atomic mass is 10.2. The zero-order valence-electron chi connectivity index (χ0n) is 16.3. The normalized spacial score (nSPS) is 16.0. The standard InChI is InChI=1S/C19H27N7O2/c1-3-14(2)21-19-22-17(20)16(26(27)28)18(23-19)25-11-9-24(10-12-25)13-15-7-5-4-6-8-15/h4-8,14H,3,9-13H2,1-2H3,(H3,20,21,22,23)/t14-/m1/s1. The number of nitrogens with one attached hydrogen (secondary N) is 1. The average molecular weight is 385 g/mol. The molecule has 9 heteroatoms. The molecule has 1 fully saturated rings. The number of nitrogen functional groups attached to an aromatic ring is 1. The lowest BCUT2D eigenvalue weighted by molar-refractivity contribution is -0.383. The van der Waals surface area contributed by atoms with Gasteiger partial charge >= 0.3 is 5.69 Å². The fraction of sp³-hybridized carbons (Fsp3) is 0.474. The number of nitrogens with zero attached hydrogens (tertiary/aromatic N) is 5. The van der Waals surface area contributed by atoms with Crippen LogP contribution in [0.1, 0.15) is 25.8 Å². The van der Waals surface area contributed by atoms with E-state index in [2.05, 4.69) is 32.3 Å². The Kier molecular flexibility index (Phi) is 6.25. The molecule has 1 aromatic carbocycles. The predicted octanol–water partition coefficient (Wildman–Crippen LogP) is 2.50. The Labute approximate surface area is 164 Å². The van der Waals surface area contributed by atoms with Gasteiger partial charge < -0.3 is 16.0 Å². The molecular formula is C19H27N7O2. The van der Waals surface area contributed by atoms with Gasteiger partial charge in [0.15, 0.2) is 0 Å². The van der Waals surface area contributed by atoms with Gasteiger partial charge in [-0.15, -0.1) is 0 Å². The van der Waals surface area contributed by atoms with Crippen molar-refractivity contribution in [3.05, 3.63) is 46.0 Å². The van der Waals surface area contributed by atoms with Crippen LogP contribution in [0.4, 0.5) is 23.3 Å². The number of anilines is 3. The van der Waals surface area contributed by atoms with Crippen molar-refractivity contribution in [2.75, 3.05) is 42.1 Å². The van der Waals surface area contributed by atoms with Crippen LogP contribution in [0.5, 0.6) is 0 Å². The number of rotatable bonds is 7. The van der Waals surface area contributed by atoms with Gasteiger partial charge in [-0.1, -0.05) is 37.3 Å². The third kappa shape index (κ3) is 4.66. The molecule has 0 saturated carbocycles. The predicted molar refractivity (Wildman–Crippen MR) is 110 cm³/mol. The van der Waals surface area contributed by atoms with Crippen LogP contribution in [0.15, 0.2) is 30.3 Å². The molecule has 9 nitrogen and oxygen atoms in total. The van der Waals surface area contributed by atoms with Crippen LogP contribution in [-0.2, 0) is 6.54 Å². The van der Waals surface area contributed by atoms with Crippen LogP contribution in [0.25, 0.3) is 0 Å². The number of hydrogen-bond acceptors (Lipinski definition) is 8. The smallest absolute Gasteiger partial charge is 0.353 e. The van der Waals surface area contributed by atoms with E-state index in [4.69, 9.17) is 5.73 Å². The second kappa shape index (κ2) is 8.83. The van der Waals surface area contributed by atoms with Gasteiger partial charge in [0.1, 0.15) is 0 Å². The molecule has 0 amide bonds. The molecule has 1 aliphatic heterocycles. The van der Waals surface area contributed by atoms with Crippen LogP contribution >= 0.6 is 0 Å². The van der Waals surface area contributed by atoms with Crippen molar-refractivity contribution in [2.24, 2.45) is 0 Å². The fourth-order valence-corrected chi connectivity index (χ4v) is 3.20. The van der Waals surface area contributed by atoms with E-state index in [-0.39, 0.29) is 17.5 Å². The minimum atomic E-state index is -0.492. The molecule has 150 valence electrons. The SMILES string of the molecule is CC[C@@H](C)Nc1nc(N)c([N+](=O)[O-])c(N2CCN(Cc3ccccc3)CC2)n1. The van der Waals surface area contributed by atoms with E-state index in [0.29, 0.717) is 24.9 Å². The minimum Gasteiger partial charge on any atom is -0.378 e. The van der Waals surface area contributed by atoms with Crippen LogP contribution in [0.2, 0.25) is 0 Å². The van der Waals surface area contributed by atoms with E-state index in [1.165, 1.54) is 5.56 Å². The zero-order valence-corrected chi connectivity index (χ0v) is 16.3. The summed E-state index contributed by atoms with van der Waals surface area (Å²) in [4.78, 5) is 23.9. The number of nitro groups is 1. The van der Waals surface area contributed by atoms with E-state index in [1.54, 1.807) is 0 Å². The quantitative estimate of drug-likeness (QED) is 0.552. The summed E-state index contributed by atoms with van der Waals surface area (Å²) in [6.07, 6.45) is 0.883. The number of piperazine rings is 1. The molecule has 1 aromatic heterocycles. The zero-order chi connectivity index (χ0) is 20.1. The van der Waals surface area contributed by atoms with Gasteiger partial charge in [-0.05, 0) is 18.9 Å². The van der Waals surface area contributed by atoms with Crippen molar-refractivity contribution < 1.29 is 4.92 Å². The van der Waals surface area contributed by atoms with Crippen molar-refractivity contribution in [3.63, 3.8) is 0 Å². The summed E-state index contributed by atoms with van der Waals surface area (Å²) in [6.45, 7) is 7.79. The summed E-state index contributed by atoms with van der Waals surface area (Å²) in [6, 6.07) is 10.4. The molecule has 1 aliphatic rings. The molecule has 0 radical (unpaired) electrons. The molecule has 3 rings (SSSR count). The molecule has 0 spiro atoms. The largest absolute Gasteiger partial charge is 0.378 e. The molecule has 2 heterocycles. The lowest BCUT2D eigenvalue weighted by Gasteiger charge is -2.35. The maximum Gasteiger partial charge on any atom is 0.353 e. The molecule has 0 unspecified atom stereocenters. The number of aromatic nitrogens is 2. The highest BCUT2D eigenvalue weighted by atomic mass is 16.6. The highest BCUT2D eigenvalue weighted by Crippen LogP contribution is 2.32. The van der Waals surface area contributed by atoms with Gasteiger partial charge in [0.25, 0.3) is 0 Å². The molecule has 1 atom stereocenters. The van der Waals surface area contributed by atoms with Crippen molar-refractivity contribution >= 4 is 23.3 Å². The third-order valence-electron chi connectivity index (χ3n) is 4.98. The monoisotopic (exact) mass is 385 g/mol. The van der Waals surface area contributed by atoms with Gasteiger partial charge in [-0.2, -0.15) is 9.97 Å². The van der Waals surface area contributed by atoms with Crippen LogP contribution < -0.4 is 16.0 Å². The maximum absolute atomic E-state index is 11.6. The van der Waals surface area contributed by atoms with Gasteiger partial charge in [-0.3, -0.25) is 15.0 Å². The summed E-state index contributed by atoms with van der Waals surface area (Å²) < 4.78 is 0. The van der Waals surface area contributed by atoms with Crippen LogP contribution in [-0.4, -0.2) is 52.0 Å². The van der Waals surface area contributed by atoms with Gasteiger partial charge in [0.2, 0.25) is 17.6 Å². The van der Waals surface area contributed by atoms with E-state index in [9.17, 15) is 10.1 Å². The fourth-order valence-electron chi connectivity index (χ4n) is 3.20. The number of benzene rings is 1. The van der Waals surface area contributed by atoms with E-state index in [0.717, 1.165) is 26.1 Å². The first kappa shape index (κ1) is 19.8. The maximum atomic E-state index is 11.6. The summed E-state index contributed by atoms with van der Waals surface area (Å²) in [5, 5.41) is 14.7. The molecular weight excluding hydrogens is 358 g/mol. The first-order valence-electron chi connectivity index (χ1n) is 9.57.